The Morgan fingerprint density at radius 1 is 1.11 bits per heavy atom. The van der Waals surface area contributed by atoms with E-state index in [1.807, 2.05) is 6.92 Å². The first-order valence-corrected chi connectivity index (χ1v) is 10.3. The fraction of sp³-hybridized carbons (Fsp3) is 0.900. The molecule has 0 rings (SSSR count). The molecule has 0 aliphatic carbocycles. The van der Waals surface area contributed by atoms with Gasteiger partial charge in [-0.05, 0) is 51.4 Å². The summed E-state index contributed by atoms with van der Waals surface area (Å²) in [5.74, 6) is 1.81. The van der Waals surface area contributed by atoms with E-state index in [2.05, 4.69) is 36.4 Å². The zero-order valence-corrected chi connectivity index (χ0v) is 20.1. The minimum absolute atomic E-state index is 0. The minimum atomic E-state index is -0.0916. The Labute approximate surface area is 183 Å². The molecule has 0 spiro atoms. The molecule has 0 radical (unpaired) electrons. The van der Waals surface area contributed by atoms with Crippen LogP contribution >= 0.6 is 24.0 Å². The number of carbonyl (C=O) groups excluding carboxylic acids is 1. The number of hydrogen-bond acceptors (Lipinski definition) is 4. The molecule has 0 aliphatic heterocycles. The third-order valence-electron chi connectivity index (χ3n) is 4.10. The van der Waals surface area contributed by atoms with Gasteiger partial charge >= 0.3 is 5.97 Å². The number of halogens is 1. The summed E-state index contributed by atoms with van der Waals surface area (Å²) in [5.41, 5.74) is 0. The lowest BCUT2D eigenvalue weighted by Gasteiger charge is -2.17. The van der Waals surface area contributed by atoms with Crippen molar-refractivity contribution in [1.29, 1.82) is 0 Å². The molecule has 0 aromatic heterocycles. The lowest BCUT2D eigenvalue weighted by Crippen LogP contribution is -2.38. The van der Waals surface area contributed by atoms with E-state index >= 15 is 0 Å². The van der Waals surface area contributed by atoms with Crippen LogP contribution < -0.4 is 10.6 Å². The Kier molecular flexibility index (Phi) is 21.4. The Bertz CT molecular complexity index is 379. The predicted molar refractivity (Wildman–Crippen MR) is 124 cm³/mol. The van der Waals surface area contributed by atoms with Crippen LogP contribution in [0, 0.1) is 11.8 Å². The van der Waals surface area contributed by atoms with Gasteiger partial charge in [0, 0.05) is 32.7 Å². The number of aliphatic hydroxyl groups excluding tert-OH is 1. The molecule has 27 heavy (non-hydrogen) atoms. The van der Waals surface area contributed by atoms with Gasteiger partial charge in [0.05, 0.1) is 6.61 Å². The second-order valence-electron chi connectivity index (χ2n) is 7.12. The average Bonchev–Trinajstić information content (AvgIpc) is 2.58. The fourth-order valence-electron chi connectivity index (χ4n) is 2.88. The van der Waals surface area contributed by atoms with Gasteiger partial charge < -0.3 is 20.5 Å². The summed E-state index contributed by atoms with van der Waals surface area (Å²) < 4.78 is 4.92. The number of aliphatic imine (C=N–C) groups is 1. The van der Waals surface area contributed by atoms with Gasteiger partial charge in [-0.2, -0.15) is 0 Å². The van der Waals surface area contributed by atoms with Crippen molar-refractivity contribution < 1.29 is 14.6 Å². The number of rotatable bonds is 15. The van der Waals surface area contributed by atoms with Crippen molar-refractivity contribution in [3.63, 3.8) is 0 Å². The van der Waals surface area contributed by atoms with Crippen molar-refractivity contribution in [3.05, 3.63) is 0 Å². The molecule has 0 bridgehead atoms. The predicted octanol–water partition coefficient (Wildman–Crippen LogP) is 3.72. The topological polar surface area (TPSA) is 83.0 Å². The van der Waals surface area contributed by atoms with E-state index < -0.39 is 0 Å². The summed E-state index contributed by atoms with van der Waals surface area (Å²) in [6.45, 7) is 11.5. The molecule has 0 saturated heterocycles. The van der Waals surface area contributed by atoms with Crippen LogP contribution in [-0.2, 0) is 9.53 Å². The third-order valence-corrected chi connectivity index (χ3v) is 4.10. The summed E-state index contributed by atoms with van der Waals surface area (Å²) in [4.78, 5) is 15.9. The first-order valence-electron chi connectivity index (χ1n) is 10.3. The molecule has 7 heteroatoms. The first-order chi connectivity index (χ1) is 12.5. The highest BCUT2D eigenvalue weighted by Gasteiger charge is 2.10. The van der Waals surface area contributed by atoms with Gasteiger partial charge in [0.15, 0.2) is 5.96 Å². The monoisotopic (exact) mass is 499 g/mol. The third kappa shape index (κ3) is 18.6. The Hall–Kier alpha value is -0.570. The summed E-state index contributed by atoms with van der Waals surface area (Å²) >= 11 is 0. The van der Waals surface area contributed by atoms with Crippen molar-refractivity contribution in [2.75, 3.05) is 32.8 Å². The van der Waals surface area contributed by atoms with Crippen molar-refractivity contribution >= 4 is 35.9 Å². The normalized spacial score (nSPS) is 12.4. The maximum absolute atomic E-state index is 11.3. The largest absolute Gasteiger partial charge is 0.466 e. The molecule has 0 heterocycles. The lowest BCUT2D eigenvalue weighted by molar-refractivity contribution is -0.143. The van der Waals surface area contributed by atoms with Crippen molar-refractivity contribution in [3.8, 4) is 0 Å². The van der Waals surface area contributed by atoms with E-state index in [1.165, 1.54) is 0 Å². The van der Waals surface area contributed by atoms with Crippen LogP contribution in [0.25, 0.3) is 0 Å². The van der Waals surface area contributed by atoms with E-state index in [4.69, 9.17) is 4.74 Å². The molecule has 0 aromatic rings. The second-order valence-corrected chi connectivity index (χ2v) is 7.12. The van der Waals surface area contributed by atoms with Crippen LogP contribution in [0.3, 0.4) is 0 Å². The Morgan fingerprint density at radius 3 is 2.41 bits per heavy atom. The lowest BCUT2D eigenvalue weighted by atomic mass is 9.94. The van der Waals surface area contributed by atoms with Crippen LogP contribution in [0.15, 0.2) is 4.99 Å². The number of nitrogens with zero attached hydrogens (tertiary/aromatic N) is 1. The van der Waals surface area contributed by atoms with Crippen LogP contribution in [0.2, 0.25) is 0 Å². The minimum Gasteiger partial charge on any atom is -0.466 e. The summed E-state index contributed by atoms with van der Waals surface area (Å²) in [5, 5.41) is 15.9. The van der Waals surface area contributed by atoms with Gasteiger partial charge in [-0.15, -0.1) is 24.0 Å². The van der Waals surface area contributed by atoms with Gasteiger partial charge in [-0.3, -0.25) is 9.79 Å². The smallest absolute Gasteiger partial charge is 0.305 e. The number of unbranched alkanes of at least 4 members (excludes halogenated alkanes) is 3. The molecule has 0 aromatic carbocycles. The quantitative estimate of drug-likeness (QED) is 0.105. The van der Waals surface area contributed by atoms with Gasteiger partial charge in [0.2, 0.25) is 0 Å². The van der Waals surface area contributed by atoms with Gasteiger partial charge in [0.1, 0.15) is 0 Å². The summed E-state index contributed by atoms with van der Waals surface area (Å²) in [6.07, 6.45) is 6.50. The van der Waals surface area contributed by atoms with E-state index in [9.17, 15) is 9.90 Å². The van der Waals surface area contributed by atoms with Crippen LogP contribution in [0.1, 0.15) is 72.6 Å². The number of nitrogens with one attached hydrogen (secondary N) is 2. The van der Waals surface area contributed by atoms with Crippen molar-refractivity contribution in [2.24, 2.45) is 16.8 Å². The van der Waals surface area contributed by atoms with E-state index in [-0.39, 0.29) is 36.6 Å². The Morgan fingerprint density at radius 2 is 1.81 bits per heavy atom. The van der Waals surface area contributed by atoms with Crippen LogP contribution in [-0.4, -0.2) is 49.9 Å². The van der Waals surface area contributed by atoms with Crippen LogP contribution in [0.5, 0.6) is 0 Å². The Balaban J connectivity index is 0. The number of hydrogen-bond donors (Lipinski definition) is 3. The fourth-order valence-corrected chi connectivity index (χ4v) is 2.88. The van der Waals surface area contributed by atoms with Crippen molar-refractivity contribution in [1.82, 2.24) is 10.6 Å². The zero-order valence-electron chi connectivity index (χ0n) is 17.8. The van der Waals surface area contributed by atoms with Gasteiger partial charge in [0.25, 0.3) is 0 Å². The average molecular weight is 499 g/mol. The number of aliphatic hydroxyl groups is 1. The highest BCUT2D eigenvalue weighted by atomic mass is 127. The summed E-state index contributed by atoms with van der Waals surface area (Å²) in [6, 6.07) is 0. The standard InChI is InChI=1S/C20H41N3O3.HI/c1-5-21-20(23-16-18(12-14-24)15-17(3)4)22-13-10-8-7-9-11-19(25)26-6-2;/h17-18,24H,5-16H2,1-4H3,(H2,21,22,23);1H. The van der Waals surface area contributed by atoms with E-state index in [0.29, 0.717) is 24.9 Å². The molecule has 0 saturated carbocycles. The summed E-state index contributed by atoms with van der Waals surface area (Å²) in [7, 11) is 0. The first kappa shape index (κ1) is 28.6. The van der Waals surface area contributed by atoms with Crippen LogP contribution in [0.4, 0.5) is 0 Å². The van der Waals surface area contributed by atoms with Gasteiger partial charge in [-0.1, -0.05) is 26.7 Å². The molecule has 1 unspecified atom stereocenters. The molecular weight excluding hydrogens is 457 g/mol. The SMILES string of the molecule is CCNC(=NCC(CCO)CC(C)C)NCCCCCCC(=O)OCC.I. The molecule has 1 atom stereocenters. The van der Waals surface area contributed by atoms with E-state index in [0.717, 1.165) is 64.1 Å². The van der Waals surface area contributed by atoms with Crippen molar-refractivity contribution in [2.45, 2.75) is 72.6 Å². The van der Waals surface area contributed by atoms with E-state index in [1.54, 1.807) is 0 Å². The maximum atomic E-state index is 11.3. The maximum Gasteiger partial charge on any atom is 0.305 e. The molecule has 162 valence electrons. The molecular formula is C20H42IN3O3. The number of ether oxygens (including phenoxy) is 1. The molecule has 0 aliphatic rings. The number of carbonyl (C=O) groups is 1. The highest BCUT2D eigenvalue weighted by Crippen LogP contribution is 2.15. The second kappa shape index (κ2) is 20.2. The number of guanidine groups is 1. The molecule has 0 amide bonds. The molecule has 6 nitrogen and oxygen atoms in total. The number of esters is 1. The van der Waals surface area contributed by atoms with Gasteiger partial charge in [-0.25, -0.2) is 0 Å². The highest BCUT2D eigenvalue weighted by molar-refractivity contribution is 14.0. The zero-order chi connectivity index (χ0) is 19.6. The molecule has 0 fully saturated rings. The molecule has 3 N–H and O–H groups in total.